The second-order valence-electron chi connectivity index (χ2n) is 5.52. The summed E-state index contributed by atoms with van der Waals surface area (Å²) in [5.74, 6) is 0.652. The van der Waals surface area contributed by atoms with E-state index in [-0.39, 0.29) is 12.6 Å². The quantitative estimate of drug-likeness (QED) is 0.833. The molecule has 0 aliphatic carbocycles. The number of hydrogen-bond acceptors (Lipinski definition) is 3. The number of benzene rings is 2. The van der Waals surface area contributed by atoms with E-state index in [2.05, 4.69) is 5.32 Å². The molecule has 0 aliphatic rings. The van der Waals surface area contributed by atoms with Gasteiger partial charge in [-0.15, -0.1) is 0 Å². The molecule has 0 amide bonds. The van der Waals surface area contributed by atoms with E-state index < -0.39 is 17.8 Å². The Morgan fingerprint density at radius 1 is 1.08 bits per heavy atom. The van der Waals surface area contributed by atoms with E-state index in [1.807, 2.05) is 6.07 Å². The van der Waals surface area contributed by atoms with Gasteiger partial charge < -0.3 is 15.2 Å². The number of rotatable bonds is 6. The average molecular weight is 339 g/mol. The minimum absolute atomic E-state index is 0.184. The lowest BCUT2D eigenvalue weighted by molar-refractivity contribution is -0.137. The normalized spacial score (nSPS) is 14.2. The third-order valence-electron chi connectivity index (χ3n) is 3.84. The van der Waals surface area contributed by atoms with Crippen LogP contribution in [0.2, 0.25) is 0 Å². The number of aliphatic hydroxyl groups is 1. The summed E-state index contributed by atoms with van der Waals surface area (Å²) in [6, 6.07) is 11.6. The second-order valence-corrected chi connectivity index (χ2v) is 5.52. The molecule has 0 aromatic heterocycles. The predicted octanol–water partition coefficient (Wildman–Crippen LogP) is 4.10. The third kappa shape index (κ3) is 4.49. The molecule has 2 rings (SSSR count). The molecular formula is C18H20F3NO2. The molecule has 6 heteroatoms. The van der Waals surface area contributed by atoms with E-state index in [4.69, 9.17) is 4.74 Å². The van der Waals surface area contributed by atoms with E-state index in [1.165, 1.54) is 6.07 Å². The van der Waals surface area contributed by atoms with Crippen molar-refractivity contribution >= 4 is 0 Å². The summed E-state index contributed by atoms with van der Waals surface area (Å²) in [4.78, 5) is 0. The summed E-state index contributed by atoms with van der Waals surface area (Å²) in [7, 11) is 1.55. The second kappa shape index (κ2) is 7.68. The Bertz CT molecular complexity index is 673. The first-order valence-electron chi connectivity index (χ1n) is 7.53. The molecular weight excluding hydrogens is 319 g/mol. The van der Waals surface area contributed by atoms with Crippen LogP contribution in [0.1, 0.15) is 35.7 Å². The van der Waals surface area contributed by atoms with Crippen LogP contribution in [-0.2, 0) is 6.18 Å². The lowest BCUT2D eigenvalue weighted by Crippen LogP contribution is -2.27. The molecule has 2 N–H and O–H groups in total. The van der Waals surface area contributed by atoms with E-state index in [0.29, 0.717) is 11.3 Å². The summed E-state index contributed by atoms with van der Waals surface area (Å²) in [6.07, 6.45) is -4.38. The topological polar surface area (TPSA) is 41.5 Å². The van der Waals surface area contributed by atoms with Crippen molar-refractivity contribution in [1.82, 2.24) is 5.32 Å². The molecule has 2 atom stereocenters. The van der Waals surface area contributed by atoms with Crippen molar-refractivity contribution in [3.05, 3.63) is 65.2 Å². The van der Waals surface area contributed by atoms with Crippen LogP contribution in [-0.4, -0.2) is 18.8 Å². The SMILES string of the molecule is COc1cccc(C(CO)NC(C)c2cccc(C(F)(F)F)c2)c1. The fraction of sp³-hybridized carbons (Fsp3) is 0.333. The molecule has 0 heterocycles. The number of nitrogens with one attached hydrogen (secondary N) is 1. The van der Waals surface area contributed by atoms with E-state index in [0.717, 1.165) is 17.7 Å². The van der Waals surface area contributed by atoms with Gasteiger partial charge in [0.25, 0.3) is 0 Å². The first kappa shape index (κ1) is 18.3. The highest BCUT2D eigenvalue weighted by Crippen LogP contribution is 2.31. The van der Waals surface area contributed by atoms with Crippen molar-refractivity contribution in [2.75, 3.05) is 13.7 Å². The van der Waals surface area contributed by atoms with Gasteiger partial charge in [0, 0.05) is 6.04 Å². The fourth-order valence-corrected chi connectivity index (χ4v) is 2.49. The molecule has 0 aliphatic heterocycles. The van der Waals surface area contributed by atoms with Crippen molar-refractivity contribution in [2.24, 2.45) is 0 Å². The summed E-state index contributed by atoms with van der Waals surface area (Å²) in [5, 5.41) is 12.8. The molecule has 24 heavy (non-hydrogen) atoms. The zero-order chi connectivity index (χ0) is 17.7. The van der Waals surface area contributed by atoms with Gasteiger partial charge in [-0.25, -0.2) is 0 Å². The number of alkyl halides is 3. The summed E-state index contributed by atoms with van der Waals surface area (Å²) >= 11 is 0. The average Bonchev–Trinajstić information content (AvgIpc) is 2.58. The van der Waals surface area contributed by atoms with E-state index >= 15 is 0 Å². The first-order valence-corrected chi connectivity index (χ1v) is 7.53. The Morgan fingerprint density at radius 3 is 2.38 bits per heavy atom. The fourth-order valence-electron chi connectivity index (χ4n) is 2.49. The smallest absolute Gasteiger partial charge is 0.416 e. The third-order valence-corrected chi connectivity index (χ3v) is 3.84. The van der Waals surface area contributed by atoms with Crippen LogP contribution < -0.4 is 10.1 Å². The maximum Gasteiger partial charge on any atom is 0.416 e. The zero-order valence-corrected chi connectivity index (χ0v) is 13.5. The molecule has 0 radical (unpaired) electrons. The van der Waals surface area contributed by atoms with Gasteiger partial charge in [0.15, 0.2) is 0 Å². The molecule has 2 unspecified atom stereocenters. The minimum Gasteiger partial charge on any atom is -0.497 e. The largest absolute Gasteiger partial charge is 0.497 e. The summed E-state index contributed by atoms with van der Waals surface area (Å²) < 4.78 is 43.7. The van der Waals surface area contributed by atoms with Crippen LogP contribution in [0.5, 0.6) is 5.75 Å². The predicted molar refractivity (Wildman–Crippen MR) is 85.8 cm³/mol. The van der Waals surface area contributed by atoms with Gasteiger partial charge in [-0.2, -0.15) is 13.2 Å². The summed E-state index contributed by atoms with van der Waals surface area (Å²) in [6.45, 7) is 1.58. The van der Waals surface area contributed by atoms with Gasteiger partial charge in [-0.05, 0) is 42.3 Å². The molecule has 0 spiro atoms. The number of methoxy groups -OCH3 is 1. The molecule has 0 bridgehead atoms. The molecule has 2 aromatic rings. The Kier molecular flexibility index (Phi) is 5.85. The number of halogens is 3. The van der Waals surface area contributed by atoms with Crippen LogP contribution in [0.25, 0.3) is 0 Å². The monoisotopic (exact) mass is 339 g/mol. The maximum absolute atomic E-state index is 12.8. The van der Waals surface area contributed by atoms with Crippen LogP contribution in [0.15, 0.2) is 48.5 Å². The lowest BCUT2D eigenvalue weighted by Gasteiger charge is -2.23. The highest BCUT2D eigenvalue weighted by molar-refractivity contribution is 5.32. The van der Waals surface area contributed by atoms with Crippen LogP contribution >= 0.6 is 0 Å². The van der Waals surface area contributed by atoms with E-state index in [1.54, 1.807) is 38.3 Å². The highest BCUT2D eigenvalue weighted by Gasteiger charge is 2.30. The molecule has 0 saturated heterocycles. The number of hydrogen-bond donors (Lipinski definition) is 2. The van der Waals surface area contributed by atoms with Crippen LogP contribution in [0.4, 0.5) is 13.2 Å². The Morgan fingerprint density at radius 2 is 1.75 bits per heavy atom. The Labute approximate surface area is 139 Å². The standard InChI is InChI=1S/C18H20F3NO2/c1-12(13-5-3-7-15(9-13)18(19,20)21)22-17(11-23)14-6-4-8-16(10-14)24-2/h3-10,12,17,22-23H,11H2,1-2H3. The molecule has 2 aromatic carbocycles. The molecule has 3 nitrogen and oxygen atoms in total. The highest BCUT2D eigenvalue weighted by atomic mass is 19.4. The number of ether oxygens (including phenoxy) is 1. The van der Waals surface area contributed by atoms with Gasteiger partial charge in [0.2, 0.25) is 0 Å². The van der Waals surface area contributed by atoms with Crippen LogP contribution in [0.3, 0.4) is 0 Å². The molecule has 0 fully saturated rings. The van der Waals surface area contributed by atoms with Gasteiger partial charge in [-0.1, -0.05) is 24.3 Å². The maximum atomic E-state index is 12.8. The van der Waals surface area contributed by atoms with Crippen molar-refractivity contribution in [1.29, 1.82) is 0 Å². The zero-order valence-electron chi connectivity index (χ0n) is 13.5. The Hall–Kier alpha value is -2.05. The van der Waals surface area contributed by atoms with Crippen molar-refractivity contribution < 1.29 is 23.0 Å². The van der Waals surface area contributed by atoms with Crippen molar-refractivity contribution in [3.63, 3.8) is 0 Å². The van der Waals surface area contributed by atoms with Crippen molar-refractivity contribution in [2.45, 2.75) is 25.2 Å². The van der Waals surface area contributed by atoms with Crippen molar-refractivity contribution in [3.8, 4) is 5.75 Å². The van der Waals surface area contributed by atoms with E-state index in [9.17, 15) is 18.3 Å². The van der Waals surface area contributed by atoms with Crippen LogP contribution in [0, 0.1) is 0 Å². The summed E-state index contributed by atoms with van der Waals surface area (Å²) in [5.41, 5.74) is 0.623. The van der Waals surface area contributed by atoms with Gasteiger partial charge >= 0.3 is 6.18 Å². The van der Waals surface area contributed by atoms with Gasteiger partial charge in [0.05, 0.1) is 25.3 Å². The first-order chi connectivity index (χ1) is 11.3. The minimum atomic E-state index is -4.38. The Balaban J connectivity index is 2.18. The van der Waals surface area contributed by atoms with Gasteiger partial charge in [-0.3, -0.25) is 0 Å². The molecule has 0 saturated carbocycles. The number of aliphatic hydroxyl groups excluding tert-OH is 1. The molecule has 130 valence electrons. The van der Waals surface area contributed by atoms with Gasteiger partial charge in [0.1, 0.15) is 5.75 Å². The lowest BCUT2D eigenvalue weighted by atomic mass is 10.0.